The number of anilines is 1. The average Bonchev–Trinajstić information content (AvgIpc) is 2.77. The molecule has 3 aromatic rings. The molecule has 0 unspecified atom stereocenters. The van der Waals surface area contributed by atoms with Crippen molar-refractivity contribution in [1.29, 1.82) is 0 Å². The van der Waals surface area contributed by atoms with Crippen molar-refractivity contribution in [3.8, 4) is 22.8 Å². The molecule has 7 heteroatoms. The summed E-state index contributed by atoms with van der Waals surface area (Å²) < 4.78 is 12.0. The fourth-order valence-corrected chi connectivity index (χ4v) is 3.73. The molecule has 1 N–H and O–H groups in total. The largest absolute Gasteiger partial charge is 0.493 e. The lowest BCUT2D eigenvalue weighted by Gasteiger charge is -2.13. The molecule has 0 atom stereocenters. The van der Waals surface area contributed by atoms with Gasteiger partial charge in [0.15, 0.2) is 11.5 Å². The van der Waals surface area contributed by atoms with Gasteiger partial charge in [-0.05, 0) is 62.6 Å². The lowest BCUT2D eigenvalue weighted by Crippen LogP contribution is -2.23. The number of nitrogens with one attached hydrogen (secondary N) is 1. The number of aryl methyl sites for hydroxylation is 4. The average molecular weight is 436 g/mol. The van der Waals surface area contributed by atoms with Gasteiger partial charge in [0, 0.05) is 30.3 Å². The Hall–Kier alpha value is -3.61. The quantitative estimate of drug-likeness (QED) is 0.571. The number of ether oxygens (including phenoxy) is 2. The third kappa shape index (κ3) is 5.35. The van der Waals surface area contributed by atoms with Crippen LogP contribution in [0.2, 0.25) is 0 Å². The topological polar surface area (TPSA) is 82.5 Å². The second kappa shape index (κ2) is 10.1. The van der Waals surface area contributed by atoms with E-state index < -0.39 is 0 Å². The minimum absolute atomic E-state index is 0.0795. The minimum atomic E-state index is -0.208. The lowest BCUT2D eigenvalue weighted by atomic mass is 10.0. The Morgan fingerprint density at radius 3 is 2.31 bits per heavy atom. The number of carbonyl (C=O) groups is 1. The maximum Gasteiger partial charge on any atom is 0.266 e. The monoisotopic (exact) mass is 435 g/mol. The molecule has 0 aliphatic carbocycles. The molecule has 3 rings (SSSR count). The van der Waals surface area contributed by atoms with Crippen LogP contribution in [-0.2, 0) is 11.3 Å². The fourth-order valence-electron chi connectivity index (χ4n) is 3.73. The molecular formula is C25H29N3O4. The lowest BCUT2D eigenvalue weighted by molar-refractivity contribution is -0.116. The number of nitrogens with zero attached hydrogens (tertiary/aromatic N) is 2. The van der Waals surface area contributed by atoms with E-state index in [0.717, 1.165) is 27.9 Å². The number of carbonyl (C=O) groups excluding carboxylic acids is 1. The van der Waals surface area contributed by atoms with Gasteiger partial charge in [0.2, 0.25) is 5.91 Å². The third-order valence-corrected chi connectivity index (χ3v) is 5.26. The van der Waals surface area contributed by atoms with Crippen LogP contribution in [0.4, 0.5) is 5.69 Å². The van der Waals surface area contributed by atoms with Crippen LogP contribution < -0.4 is 20.3 Å². The Balaban J connectivity index is 1.67. The molecule has 1 amide bonds. The summed E-state index contributed by atoms with van der Waals surface area (Å²) in [7, 11) is 3.15. The number of benzene rings is 2. The molecule has 0 saturated carbocycles. The first-order chi connectivity index (χ1) is 15.3. The molecule has 7 nitrogen and oxygen atoms in total. The summed E-state index contributed by atoms with van der Waals surface area (Å²) in [5.41, 5.74) is 5.33. The summed E-state index contributed by atoms with van der Waals surface area (Å²) in [6, 6.07) is 12.7. The number of amides is 1. The normalized spacial score (nSPS) is 10.7. The van der Waals surface area contributed by atoms with Crippen molar-refractivity contribution >= 4 is 11.6 Å². The number of aromatic nitrogens is 2. The van der Waals surface area contributed by atoms with Crippen molar-refractivity contribution in [2.24, 2.45) is 0 Å². The first-order valence-electron chi connectivity index (χ1n) is 10.5. The Labute approximate surface area is 188 Å². The molecule has 0 spiro atoms. The number of rotatable bonds is 8. The van der Waals surface area contributed by atoms with E-state index in [1.807, 2.05) is 45.0 Å². The minimum Gasteiger partial charge on any atom is -0.493 e. The van der Waals surface area contributed by atoms with E-state index in [1.54, 1.807) is 26.4 Å². The molecule has 0 bridgehead atoms. The van der Waals surface area contributed by atoms with Gasteiger partial charge in [-0.15, -0.1) is 0 Å². The van der Waals surface area contributed by atoms with Gasteiger partial charge in [-0.25, -0.2) is 4.68 Å². The summed E-state index contributed by atoms with van der Waals surface area (Å²) >= 11 is 0. The standard InChI is InChI=1S/C25H29N3O4/c1-16-13-17(2)25(18(3)14-16)26-23(29)7-6-12-28-24(30)11-9-20(27-28)19-8-10-21(31-4)22(15-19)32-5/h8-11,13-15H,6-7,12H2,1-5H3,(H,26,29). The Morgan fingerprint density at radius 1 is 0.969 bits per heavy atom. The highest BCUT2D eigenvalue weighted by Crippen LogP contribution is 2.31. The number of methoxy groups -OCH3 is 2. The first kappa shape index (κ1) is 23.1. The SMILES string of the molecule is COc1ccc(-c2ccc(=O)n(CCCC(=O)Nc3c(C)cc(C)cc3C)n2)cc1OC. The predicted octanol–water partition coefficient (Wildman–Crippen LogP) is 4.27. The van der Waals surface area contributed by atoms with Crippen LogP contribution in [0.25, 0.3) is 11.3 Å². The van der Waals surface area contributed by atoms with Gasteiger partial charge in [0.25, 0.3) is 5.56 Å². The van der Waals surface area contributed by atoms with E-state index in [1.165, 1.54) is 10.7 Å². The summed E-state index contributed by atoms with van der Waals surface area (Å²) in [6.45, 7) is 6.35. The molecule has 0 aliphatic heterocycles. The van der Waals surface area contributed by atoms with Crippen molar-refractivity contribution in [1.82, 2.24) is 9.78 Å². The van der Waals surface area contributed by atoms with Gasteiger partial charge >= 0.3 is 0 Å². The zero-order chi connectivity index (χ0) is 23.3. The predicted molar refractivity (Wildman–Crippen MR) is 126 cm³/mol. The summed E-state index contributed by atoms with van der Waals surface area (Å²) in [4.78, 5) is 24.7. The van der Waals surface area contributed by atoms with E-state index in [4.69, 9.17) is 9.47 Å². The molecule has 32 heavy (non-hydrogen) atoms. The molecule has 1 heterocycles. The van der Waals surface area contributed by atoms with Crippen LogP contribution in [0, 0.1) is 20.8 Å². The fraction of sp³-hybridized carbons (Fsp3) is 0.320. The molecule has 0 saturated heterocycles. The van der Waals surface area contributed by atoms with E-state index in [9.17, 15) is 9.59 Å². The maximum absolute atomic E-state index is 12.5. The second-order valence-electron chi connectivity index (χ2n) is 7.78. The van der Waals surface area contributed by atoms with Gasteiger partial charge in [-0.1, -0.05) is 17.7 Å². The van der Waals surface area contributed by atoms with Crippen LogP contribution in [-0.4, -0.2) is 29.9 Å². The van der Waals surface area contributed by atoms with Crippen molar-refractivity contribution < 1.29 is 14.3 Å². The molecule has 2 aromatic carbocycles. The van der Waals surface area contributed by atoms with Crippen molar-refractivity contribution in [2.75, 3.05) is 19.5 Å². The Morgan fingerprint density at radius 2 is 1.66 bits per heavy atom. The molecule has 0 fully saturated rings. The van der Waals surface area contributed by atoms with Gasteiger partial charge < -0.3 is 14.8 Å². The zero-order valence-electron chi connectivity index (χ0n) is 19.2. The third-order valence-electron chi connectivity index (χ3n) is 5.26. The summed E-state index contributed by atoms with van der Waals surface area (Å²) in [5.74, 6) is 1.13. The maximum atomic E-state index is 12.5. The molecule has 168 valence electrons. The van der Waals surface area contributed by atoms with Crippen molar-refractivity contribution in [2.45, 2.75) is 40.2 Å². The highest BCUT2D eigenvalue weighted by Gasteiger charge is 2.11. The molecule has 1 aromatic heterocycles. The van der Waals surface area contributed by atoms with Gasteiger partial charge in [-0.2, -0.15) is 5.10 Å². The van der Waals surface area contributed by atoms with E-state index in [0.29, 0.717) is 36.6 Å². The van der Waals surface area contributed by atoms with Gasteiger partial charge in [-0.3, -0.25) is 9.59 Å². The highest BCUT2D eigenvalue weighted by molar-refractivity contribution is 5.92. The smallest absolute Gasteiger partial charge is 0.266 e. The molecule has 0 radical (unpaired) electrons. The van der Waals surface area contributed by atoms with Gasteiger partial charge in [0.05, 0.1) is 19.9 Å². The van der Waals surface area contributed by atoms with E-state index in [2.05, 4.69) is 10.4 Å². The summed E-state index contributed by atoms with van der Waals surface area (Å²) in [6.07, 6.45) is 0.791. The zero-order valence-corrected chi connectivity index (χ0v) is 19.2. The van der Waals surface area contributed by atoms with E-state index in [-0.39, 0.29) is 11.5 Å². The highest BCUT2D eigenvalue weighted by atomic mass is 16.5. The van der Waals surface area contributed by atoms with Crippen LogP contribution in [0.3, 0.4) is 0 Å². The van der Waals surface area contributed by atoms with Crippen LogP contribution in [0.1, 0.15) is 29.5 Å². The van der Waals surface area contributed by atoms with Crippen LogP contribution in [0.5, 0.6) is 11.5 Å². The molecular weight excluding hydrogens is 406 g/mol. The Kier molecular flexibility index (Phi) is 7.30. The van der Waals surface area contributed by atoms with E-state index >= 15 is 0 Å². The van der Waals surface area contributed by atoms with Crippen molar-refractivity contribution in [3.05, 3.63) is 69.5 Å². The summed E-state index contributed by atoms with van der Waals surface area (Å²) in [5, 5.41) is 7.46. The second-order valence-corrected chi connectivity index (χ2v) is 7.78. The van der Waals surface area contributed by atoms with Gasteiger partial charge in [0.1, 0.15) is 0 Å². The van der Waals surface area contributed by atoms with Crippen LogP contribution >= 0.6 is 0 Å². The first-order valence-corrected chi connectivity index (χ1v) is 10.5. The number of hydrogen-bond acceptors (Lipinski definition) is 5. The molecule has 0 aliphatic rings. The van der Waals surface area contributed by atoms with Crippen molar-refractivity contribution in [3.63, 3.8) is 0 Å². The Bertz CT molecular complexity index is 1160. The number of hydrogen-bond donors (Lipinski definition) is 1. The van der Waals surface area contributed by atoms with Crippen LogP contribution in [0.15, 0.2) is 47.3 Å².